The summed E-state index contributed by atoms with van der Waals surface area (Å²) in [5.41, 5.74) is 3.52. The van der Waals surface area contributed by atoms with E-state index >= 15 is 0 Å². The number of aryl methyl sites for hydroxylation is 1. The number of nitrogens with one attached hydrogen (secondary N) is 1. The van der Waals surface area contributed by atoms with Gasteiger partial charge in [-0.15, -0.1) is 0 Å². The molecule has 0 unspecified atom stereocenters. The monoisotopic (exact) mass is 318 g/mol. The summed E-state index contributed by atoms with van der Waals surface area (Å²) in [7, 11) is 0. The topological polar surface area (TPSA) is 67.8 Å². The molecule has 0 atom stereocenters. The maximum atomic E-state index is 11.6. The Labute approximate surface area is 140 Å². The summed E-state index contributed by atoms with van der Waals surface area (Å²) < 4.78 is 0. The predicted octanol–water partition coefficient (Wildman–Crippen LogP) is 3.66. The molecule has 0 aliphatic heterocycles. The third-order valence-electron chi connectivity index (χ3n) is 3.68. The number of ketones is 1. The molecule has 5 heteroatoms. The molecule has 0 saturated carbocycles. The zero-order valence-corrected chi connectivity index (χ0v) is 13.7. The SMILES string of the molecule is CC(=O)c1cccc(-c2ncc(C)c(NCc3cccnc3)n2)c1. The van der Waals surface area contributed by atoms with E-state index in [1.54, 1.807) is 25.4 Å². The van der Waals surface area contributed by atoms with Gasteiger partial charge in [-0.3, -0.25) is 9.78 Å². The van der Waals surface area contributed by atoms with Crippen LogP contribution < -0.4 is 5.32 Å². The van der Waals surface area contributed by atoms with Gasteiger partial charge in [-0.25, -0.2) is 9.97 Å². The van der Waals surface area contributed by atoms with Crippen LogP contribution in [-0.4, -0.2) is 20.7 Å². The zero-order valence-electron chi connectivity index (χ0n) is 13.7. The molecule has 0 aliphatic rings. The van der Waals surface area contributed by atoms with Crippen LogP contribution in [0.2, 0.25) is 0 Å². The van der Waals surface area contributed by atoms with Crippen molar-refractivity contribution in [1.29, 1.82) is 0 Å². The van der Waals surface area contributed by atoms with Crippen molar-refractivity contribution >= 4 is 11.6 Å². The van der Waals surface area contributed by atoms with Crippen LogP contribution in [0.4, 0.5) is 5.82 Å². The molecule has 0 aliphatic carbocycles. The van der Waals surface area contributed by atoms with E-state index in [9.17, 15) is 4.79 Å². The molecule has 0 amide bonds. The van der Waals surface area contributed by atoms with Crippen LogP contribution in [0.5, 0.6) is 0 Å². The number of hydrogen-bond donors (Lipinski definition) is 1. The lowest BCUT2D eigenvalue weighted by atomic mass is 10.1. The number of Topliss-reactive ketones (excluding diaryl/α,β-unsaturated/α-hetero) is 1. The van der Waals surface area contributed by atoms with Gasteiger partial charge in [-0.2, -0.15) is 0 Å². The Morgan fingerprint density at radius 2 is 2.04 bits per heavy atom. The van der Waals surface area contributed by atoms with Crippen molar-refractivity contribution in [2.24, 2.45) is 0 Å². The summed E-state index contributed by atoms with van der Waals surface area (Å²) in [5.74, 6) is 1.40. The highest BCUT2D eigenvalue weighted by atomic mass is 16.1. The van der Waals surface area contributed by atoms with E-state index in [1.165, 1.54) is 0 Å². The Kier molecular flexibility index (Phi) is 4.61. The first-order chi connectivity index (χ1) is 11.6. The lowest BCUT2D eigenvalue weighted by Crippen LogP contribution is -2.05. The van der Waals surface area contributed by atoms with Gasteiger partial charge >= 0.3 is 0 Å². The Hall–Kier alpha value is -3.08. The average molecular weight is 318 g/mol. The summed E-state index contributed by atoms with van der Waals surface area (Å²) in [6.07, 6.45) is 5.36. The van der Waals surface area contributed by atoms with Gasteiger partial charge in [-0.05, 0) is 31.5 Å². The van der Waals surface area contributed by atoms with Gasteiger partial charge in [-0.1, -0.05) is 24.3 Å². The maximum absolute atomic E-state index is 11.6. The van der Waals surface area contributed by atoms with Gasteiger partial charge in [0.1, 0.15) is 5.82 Å². The standard InChI is InChI=1S/C19H18N4O/c1-13-10-21-19(17-7-3-6-16(9-17)14(2)24)23-18(13)22-12-15-5-4-8-20-11-15/h3-11H,12H2,1-2H3,(H,21,22,23). The lowest BCUT2D eigenvalue weighted by Gasteiger charge is -2.10. The number of anilines is 1. The Morgan fingerprint density at radius 1 is 1.17 bits per heavy atom. The first-order valence-corrected chi connectivity index (χ1v) is 7.71. The summed E-state index contributed by atoms with van der Waals surface area (Å²) >= 11 is 0. The fraction of sp³-hybridized carbons (Fsp3) is 0.158. The summed E-state index contributed by atoms with van der Waals surface area (Å²) in [6, 6.07) is 11.3. The second kappa shape index (κ2) is 7.00. The second-order valence-electron chi connectivity index (χ2n) is 5.58. The van der Waals surface area contributed by atoms with Crippen molar-refractivity contribution in [3.63, 3.8) is 0 Å². The zero-order chi connectivity index (χ0) is 16.9. The summed E-state index contributed by atoms with van der Waals surface area (Å²) in [4.78, 5) is 24.7. The van der Waals surface area contributed by atoms with Crippen LogP contribution >= 0.6 is 0 Å². The minimum absolute atomic E-state index is 0.0267. The highest BCUT2D eigenvalue weighted by molar-refractivity contribution is 5.95. The Morgan fingerprint density at radius 3 is 2.79 bits per heavy atom. The Balaban J connectivity index is 1.86. The molecule has 1 aromatic carbocycles. The molecule has 5 nitrogen and oxygen atoms in total. The van der Waals surface area contributed by atoms with E-state index in [4.69, 9.17) is 0 Å². The van der Waals surface area contributed by atoms with Gasteiger partial charge in [0.15, 0.2) is 11.6 Å². The normalized spacial score (nSPS) is 10.4. The van der Waals surface area contributed by atoms with E-state index < -0.39 is 0 Å². The second-order valence-corrected chi connectivity index (χ2v) is 5.58. The van der Waals surface area contributed by atoms with E-state index in [0.29, 0.717) is 17.9 Å². The van der Waals surface area contributed by atoms with Crippen molar-refractivity contribution in [3.05, 3.63) is 71.7 Å². The third-order valence-corrected chi connectivity index (χ3v) is 3.68. The quantitative estimate of drug-likeness (QED) is 0.727. The van der Waals surface area contributed by atoms with Crippen LogP contribution in [0.1, 0.15) is 28.4 Å². The van der Waals surface area contributed by atoms with Crippen molar-refractivity contribution in [3.8, 4) is 11.4 Å². The van der Waals surface area contributed by atoms with Crippen LogP contribution in [0.3, 0.4) is 0 Å². The lowest BCUT2D eigenvalue weighted by molar-refractivity contribution is 0.101. The largest absolute Gasteiger partial charge is 0.366 e. The van der Waals surface area contributed by atoms with Gasteiger partial charge < -0.3 is 5.32 Å². The predicted molar refractivity (Wildman–Crippen MR) is 93.8 cm³/mol. The van der Waals surface area contributed by atoms with Gasteiger partial charge in [0, 0.05) is 41.8 Å². The van der Waals surface area contributed by atoms with Gasteiger partial charge in [0.2, 0.25) is 0 Å². The van der Waals surface area contributed by atoms with Crippen LogP contribution in [0.25, 0.3) is 11.4 Å². The molecule has 2 aromatic heterocycles. The molecule has 3 rings (SSSR count). The number of aromatic nitrogens is 3. The average Bonchev–Trinajstić information content (AvgIpc) is 2.62. The minimum atomic E-state index is 0.0267. The number of nitrogens with zero attached hydrogens (tertiary/aromatic N) is 3. The maximum Gasteiger partial charge on any atom is 0.161 e. The summed E-state index contributed by atoms with van der Waals surface area (Å²) in [5, 5.41) is 3.32. The van der Waals surface area contributed by atoms with Crippen molar-refractivity contribution in [2.45, 2.75) is 20.4 Å². The fourth-order valence-corrected chi connectivity index (χ4v) is 2.33. The van der Waals surface area contributed by atoms with Gasteiger partial charge in [0.25, 0.3) is 0 Å². The van der Waals surface area contributed by atoms with Crippen molar-refractivity contribution in [2.75, 3.05) is 5.32 Å². The third kappa shape index (κ3) is 3.63. The molecule has 3 aromatic rings. The van der Waals surface area contributed by atoms with E-state index in [0.717, 1.165) is 22.5 Å². The molecule has 120 valence electrons. The molecule has 0 radical (unpaired) electrons. The van der Waals surface area contributed by atoms with Crippen LogP contribution in [-0.2, 0) is 6.54 Å². The number of benzene rings is 1. The fourth-order valence-electron chi connectivity index (χ4n) is 2.33. The molecule has 0 saturated heterocycles. The number of carbonyl (C=O) groups excluding carboxylic acids is 1. The van der Waals surface area contributed by atoms with E-state index in [2.05, 4.69) is 20.3 Å². The first kappa shape index (κ1) is 15.8. The highest BCUT2D eigenvalue weighted by Crippen LogP contribution is 2.20. The number of carbonyl (C=O) groups is 1. The smallest absolute Gasteiger partial charge is 0.161 e. The molecule has 0 spiro atoms. The van der Waals surface area contributed by atoms with Crippen molar-refractivity contribution in [1.82, 2.24) is 15.0 Å². The first-order valence-electron chi connectivity index (χ1n) is 7.71. The summed E-state index contributed by atoms with van der Waals surface area (Å²) in [6.45, 7) is 4.15. The van der Waals surface area contributed by atoms with Crippen LogP contribution in [0, 0.1) is 6.92 Å². The molecule has 2 heterocycles. The highest BCUT2D eigenvalue weighted by Gasteiger charge is 2.08. The van der Waals surface area contributed by atoms with E-state index in [-0.39, 0.29) is 5.78 Å². The van der Waals surface area contributed by atoms with Crippen molar-refractivity contribution < 1.29 is 4.79 Å². The number of pyridine rings is 1. The number of rotatable bonds is 5. The number of hydrogen-bond acceptors (Lipinski definition) is 5. The minimum Gasteiger partial charge on any atom is -0.366 e. The molecule has 0 bridgehead atoms. The molecule has 24 heavy (non-hydrogen) atoms. The molecule has 1 N–H and O–H groups in total. The molecular weight excluding hydrogens is 300 g/mol. The van der Waals surface area contributed by atoms with Gasteiger partial charge in [0.05, 0.1) is 0 Å². The van der Waals surface area contributed by atoms with E-state index in [1.807, 2.05) is 43.5 Å². The molecule has 0 fully saturated rings. The molecular formula is C19H18N4O. The Bertz CT molecular complexity index is 862. The van der Waals surface area contributed by atoms with Crippen LogP contribution in [0.15, 0.2) is 55.0 Å².